The van der Waals surface area contributed by atoms with Gasteiger partial charge in [-0.1, -0.05) is 30.3 Å². The summed E-state index contributed by atoms with van der Waals surface area (Å²) in [5.41, 5.74) is 8.97. The minimum Gasteiger partial charge on any atom is -0.320 e. The van der Waals surface area contributed by atoms with Crippen molar-refractivity contribution in [1.82, 2.24) is 5.48 Å². The Morgan fingerprint density at radius 1 is 1.33 bits per heavy atom. The lowest BCUT2D eigenvalue weighted by Gasteiger charge is -2.20. The molecule has 1 aromatic carbocycles. The van der Waals surface area contributed by atoms with Crippen LogP contribution in [0.15, 0.2) is 30.3 Å². The van der Waals surface area contributed by atoms with Crippen LogP contribution in [-0.4, -0.2) is 17.6 Å². The summed E-state index contributed by atoms with van der Waals surface area (Å²) < 4.78 is 0. The Morgan fingerprint density at radius 2 is 1.94 bits per heavy atom. The number of benzene rings is 1. The highest BCUT2D eigenvalue weighted by molar-refractivity contribution is 5.80. The molecule has 100 valence electrons. The van der Waals surface area contributed by atoms with E-state index in [1.54, 1.807) is 0 Å². The molecule has 1 amide bonds. The zero-order valence-corrected chi connectivity index (χ0v) is 11.3. The van der Waals surface area contributed by atoms with E-state index in [1.807, 2.05) is 51.1 Å². The van der Waals surface area contributed by atoms with Gasteiger partial charge in [0.1, 0.15) is 0 Å². The van der Waals surface area contributed by atoms with Crippen LogP contribution in [0.2, 0.25) is 0 Å². The molecule has 0 heterocycles. The fraction of sp³-hybridized carbons (Fsp3) is 0.500. The average molecular weight is 250 g/mol. The number of hydroxylamine groups is 1. The van der Waals surface area contributed by atoms with Crippen LogP contribution in [0.4, 0.5) is 0 Å². The Bertz CT molecular complexity index is 371. The van der Waals surface area contributed by atoms with Crippen LogP contribution in [-0.2, 0) is 16.1 Å². The largest absolute Gasteiger partial charge is 0.320 e. The van der Waals surface area contributed by atoms with E-state index >= 15 is 0 Å². The lowest BCUT2D eigenvalue weighted by Crippen LogP contribution is -2.43. The van der Waals surface area contributed by atoms with E-state index in [0.29, 0.717) is 6.42 Å². The lowest BCUT2D eigenvalue weighted by molar-refractivity contribution is -0.147. The van der Waals surface area contributed by atoms with Crippen molar-refractivity contribution in [3.63, 3.8) is 0 Å². The quantitative estimate of drug-likeness (QED) is 0.783. The predicted molar refractivity (Wildman–Crippen MR) is 71.7 cm³/mol. The number of aryl methyl sites for hydroxylation is 1. The normalized spacial score (nSPS) is 13.1. The molecule has 0 aromatic heterocycles. The van der Waals surface area contributed by atoms with E-state index < -0.39 is 11.6 Å². The molecule has 0 aliphatic heterocycles. The second kappa shape index (κ2) is 6.52. The van der Waals surface area contributed by atoms with E-state index in [0.717, 1.165) is 6.42 Å². The van der Waals surface area contributed by atoms with E-state index in [2.05, 4.69) is 5.48 Å². The predicted octanol–water partition coefficient (Wildman–Crippen LogP) is 1.79. The Labute approximate surface area is 108 Å². The monoisotopic (exact) mass is 250 g/mol. The Balaban J connectivity index is 2.32. The van der Waals surface area contributed by atoms with Crippen molar-refractivity contribution in [2.75, 3.05) is 0 Å². The maximum absolute atomic E-state index is 11.6. The van der Waals surface area contributed by atoms with Gasteiger partial charge in [-0.15, -0.1) is 0 Å². The van der Waals surface area contributed by atoms with Gasteiger partial charge in [0.2, 0.25) is 0 Å². The highest BCUT2D eigenvalue weighted by atomic mass is 16.7. The zero-order chi connectivity index (χ0) is 13.6. The number of hydrogen-bond acceptors (Lipinski definition) is 3. The molecule has 1 aromatic rings. The molecular weight excluding hydrogens is 228 g/mol. The first-order chi connectivity index (χ1) is 8.38. The summed E-state index contributed by atoms with van der Waals surface area (Å²) in [7, 11) is 0. The third kappa shape index (κ3) is 5.80. The van der Waals surface area contributed by atoms with Gasteiger partial charge in [-0.2, -0.15) is 0 Å². The minimum atomic E-state index is -0.549. The van der Waals surface area contributed by atoms with Crippen LogP contribution >= 0.6 is 0 Å². The van der Waals surface area contributed by atoms with Gasteiger partial charge in [0.25, 0.3) is 5.91 Å². The first-order valence-electron chi connectivity index (χ1n) is 6.16. The number of nitrogens with two attached hydrogens (primary N) is 1. The smallest absolute Gasteiger partial charge is 0.260 e. The number of amides is 1. The fourth-order valence-corrected chi connectivity index (χ4v) is 1.38. The number of rotatable bonds is 5. The first-order valence-corrected chi connectivity index (χ1v) is 6.16. The summed E-state index contributed by atoms with van der Waals surface area (Å²) in [6, 6.07) is 9.42. The number of carbonyl (C=O) groups excluding carboxylic acids is 1. The summed E-state index contributed by atoms with van der Waals surface area (Å²) in [5.74, 6) is -0.277. The SMILES string of the molecule is CC(C)(C)ONC(=O)[C@@H](N)CCc1ccccc1. The van der Waals surface area contributed by atoms with Crippen LogP contribution < -0.4 is 11.2 Å². The minimum absolute atomic E-state index is 0.277. The van der Waals surface area contributed by atoms with E-state index in [1.165, 1.54) is 5.56 Å². The molecule has 1 rings (SSSR count). The van der Waals surface area contributed by atoms with Gasteiger partial charge in [-0.05, 0) is 39.2 Å². The molecule has 0 fully saturated rings. The van der Waals surface area contributed by atoms with Crippen LogP contribution in [0.3, 0.4) is 0 Å². The van der Waals surface area contributed by atoms with Crippen LogP contribution in [0.1, 0.15) is 32.8 Å². The molecule has 0 bridgehead atoms. The van der Waals surface area contributed by atoms with Gasteiger partial charge in [0, 0.05) is 0 Å². The van der Waals surface area contributed by atoms with Crippen LogP contribution in [0, 0.1) is 0 Å². The molecule has 0 aliphatic rings. The molecule has 0 radical (unpaired) electrons. The maximum Gasteiger partial charge on any atom is 0.260 e. The first kappa shape index (κ1) is 14.7. The van der Waals surface area contributed by atoms with Gasteiger partial charge >= 0.3 is 0 Å². The van der Waals surface area contributed by atoms with Gasteiger partial charge in [-0.25, -0.2) is 5.48 Å². The molecule has 0 spiro atoms. The molecule has 0 saturated carbocycles. The molecule has 4 heteroatoms. The van der Waals surface area contributed by atoms with Crippen molar-refractivity contribution in [2.45, 2.75) is 45.3 Å². The van der Waals surface area contributed by atoms with E-state index in [-0.39, 0.29) is 5.91 Å². The number of hydrogen-bond donors (Lipinski definition) is 2. The lowest BCUT2D eigenvalue weighted by atomic mass is 10.1. The topological polar surface area (TPSA) is 64.3 Å². The highest BCUT2D eigenvalue weighted by Gasteiger charge is 2.17. The van der Waals surface area contributed by atoms with Crippen LogP contribution in [0.25, 0.3) is 0 Å². The summed E-state index contributed by atoms with van der Waals surface area (Å²) in [5, 5.41) is 0. The average Bonchev–Trinajstić information content (AvgIpc) is 2.33. The van der Waals surface area contributed by atoms with Crippen molar-refractivity contribution in [2.24, 2.45) is 5.73 Å². The summed E-state index contributed by atoms with van der Waals surface area (Å²) in [4.78, 5) is 16.8. The summed E-state index contributed by atoms with van der Waals surface area (Å²) in [6.07, 6.45) is 1.38. The molecule has 0 aliphatic carbocycles. The zero-order valence-electron chi connectivity index (χ0n) is 11.3. The van der Waals surface area contributed by atoms with Crippen LogP contribution in [0.5, 0.6) is 0 Å². The maximum atomic E-state index is 11.6. The summed E-state index contributed by atoms with van der Waals surface area (Å²) in [6.45, 7) is 5.59. The van der Waals surface area contributed by atoms with Crippen molar-refractivity contribution in [3.05, 3.63) is 35.9 Å². The molecule has 0 saturated heterocycles. The Hall–Kier alpha value is -1.39. The molecule has 18 heavy (non-hydrogen) atoms. The molecule has 3 N–H and O–H groups in total. The van der Waals surface area contributed by atoms with Gasteiger partial charge in [0.05, 0.1) is 11.6 Å². The second-order valence-corrected chi connectivity index (χ2v) is 5.31. The second-order valence-electron chi connectivity index (χ2n) is 5.31. The Morgan fingerprint density at radius 3 is 2.50 bits per heavy atom. The van der Waals surface area contributed by atoms with Crippen molar-refractivity contribution < 1.29 is 9.63 Å². The van der Waals surface area contributed by atoms with E-state index in [9.17, 15) is 4.79 Å². The Kier molecular flexibility index (Phi) is 5.31. The van der Waals surface area contributed by atoms with E-state index in [4.69, 9.17) is 10.6 Å². The van der Waals surface area contributed by atoms with Gasteiger partial charge < -0.3 is 5.73 Å². The van der Waals surface area contributed by atoms with Gasteiger partial charge in [0.15, 0.2) is 0 Å². The standard InChI is InChI=1S/C14H22N2O2/c1-14(2,3)18-16-13(17)12(15)10-9-11-7-5-4-6-8-11/h4-8,12H,9-10,15H2,1-3H3,(H,16,17)/t12-/m0/s1. The van der Waals surface area contributed by atoms with Gasteiger partial charge in [-0.3, -0.25) is 9.63 Å². The summed E-state index contributed by atoms with van der Waals surface area (Å²) >= 11 is 0. The third-order valence-corrected chi connectivity index (χ3v) is 2.38. The van der Waals surface area contributed by atoms with Crippen molar-refractivity contribution in [3.8, 4) is 0 Å². The number of nitrogens with one attached hydrogen (secondary N) is 1. The van der Waals surface area contributed by atoms with Crippen molar-refractivity contribution in [1.29, 1.82) is 0 Å². The third-order valence-electron chi connectivity index (χ3n) is 2.38. The highest BCUT2D eigenvalue weighted by Crippen LogP contribution is 2.06. The van der Waals surface area contributed by atoms with Crippen molar-refractivity contribution >= 4 is 5.91 Å². The molecule has 4 nitrogen and oxygen atoms in total. The number of carbonyl (C=O) groups is 1. The molecule has 0 unspecified atom stereocenters. The molecular formula is C14H22N2O2. The fourth-order valence-electron chi connectivity index (χ4n) is 1.38. The molecule has 1 atom stereocenters.